The summed E-state index contributed by atoms with van der Waals surface area (Å²) in [4.78, 5) is 12.5. The topological polar surface area (TPSA) is 79.0 Å². The molecule has 0 saturated heterocycles. The van der Waals surface area contributed by atoms with E-state index in [1.54, 1.807) is 0 Å². The van der Waals surface area contributed by atoms with Crippen LogP contribution >= 0.6 is 12.4 Å². The second-order valence-electron chi connectivity index (χ2n) is 6.39. The zero-order chi connectivity index (χ0) is 17.1. The van der Waals surface area contributed by atoms with Gasteiger partial charge in [-0.2, -0.15) is 5.10 Å². The van der Waals surface area contributed by atoms with Gasteiger partial charge in [-0.1, -0.05) is 12.1 Å². The van der Waals surface area contributed by atoms with Gasteiger partial charge >= 0.3 is 0 Å². The first-order valence-corrected chi connectivity index (χ1v) is 8.39. The molecule has 1 aromatic carbocycles. The first-order chi connectivity index (χ1) is 11.5. The molecule has 2 heterocycles. The van der Waals surface area contributed by atoms with Gasteiger partial charge in [-0.25, -0.2) is 0 Å². The highest BCUT2D eigenvalue weighted by molar-refractivity contribution is 5.94. The minimum absolute atomic E-state index is 0. The maximum absolute atomic E-state index is 12.5. The van der Waals surface area contributed by atoms with Crippen molar-refractivity contribution in [3.05, 3.63) is 46.8 Å². The third-order valence-electron chi connectivity index (χ3n) is 4.12. The van der Waals surface area contributed by atoms with Crippen LogP contribution < -0.4 is 15.4 Å². The molecule has 0 saturated carbocycles. The number of aromatic nitrogens is 2. The number of nitrogens with zero attached hydrogens (tertiary/aromatic N) is 1. The summed E-state index contributed by atoms with van der Waals surface area (Å²) in [5, 5.41) is 13.5. The molecule has 25 heavy (non-hydrogen) atoms. The minimum Gasteiger partial charge on any atom is -0.491 e. The van der Waals surface area contributed by atoms with Crippen molar-refractivity contribution < 1.29 is 9.53 Å². The molecule has 1 aliphatic heterocycles. The Morgan fingerprint density at radius 3 is 2.64 bits per heavy atom. The fraction of sp³-hybridized carbons (Fsp3) is 0.444. The summed E-state index contributed by atoms with van der Waals surface area (Å²) < 4.78 is 5.64. The maximum atomic E-state index is 12.5. The van der Waals surface area contributed by atoms with Crippen LogP contribution in [0.25, 0.3) is 0 Å². The Morgan fingerprint density at radius 2 is 1.96 bits per heavy atom. The summed E-state index contributed by atoms with van der Waals surface area (Å²) in [6.45, 7) is 7.56. The van der Waals surface area contributed by atoms with E-state index in [9.17, 15) is 4.79 Å². The number of benzene rings is 1. The largest absolute Gasteiger partial charge is 0.491 e. The standard InChI is InChI=1S/C18H24N4O2.ClH/c1-11(2)24-14-6-4-13(5-7-14)12(3)20-18(23)17-15-10-19-9-8-16(15)21-22-17;/h4-7,11-12,19H,8-10H2,1-3H3,(H,20,23)(H,21,22);1H. The van der Waals surface area contributed by atoms with Gasteiger partial charge in [0.1, 0.15) is 5.75 Å². The predicted octanol–water partition coefficient (Wildman–Crippen LogP) is 2.76. The minimum atomic E-state index is -0.147. The molecular weight excluding hydrogens is 340 g/mol. The van der Waals surface area contributed by atoms with Crippen molar-refractivity contribution in [1.82, 2.24) is 20.8 Å². The Morgan fingerprint density at radius 1 is 1.24 bits per heavy atom. The average Bonchev–Trinajstić information content (AvgIpc) is 2.99. The van der Waals surface area contributed by atoms with Crippen LogP contribution in [0.15, 0.2) is 24.3 Å². The van der Waals surface area contributed by atoms with Gasteiger partial charge in [0.05, 0.1) is 12.1 Å². The van der Waals surface area contributed by atoms with Crippen molar-refractivity contribution in [3.63, 3.8) is 0 Å². The highest BCUT2D eigenvalue weighted by Crippen LogP contribution is 2.20. The lowest BCUT2D eigenvalue weighted by atomic mass is 10.1. The third-order valence-corrected chi connectivity index (χ3v) is 4.12. The zero-order valence-electron chi connectivity index (χ0n) is 14.8. The Labute approximate surface area is 154 Å². The molecule has 0 fully saturated rings. The van der Waals surface area contributed by atoms with E-state index in [0.29, 0.717) is 12.2 Å². The molecule has 1 atom stereocenters. The number of rotatable bonds is 5. The van der Waals surface area contributed by atoms with E-state index in [-0.39, 0.29) is 30.5 Å². The lowest BCUT2D eigenvalue weighted by Crippen LogP contribution is -2.30. The highest BCUT2D eigenvalue weighted by atomic mass is 35.5. The molecule has 1 unspecified atom stereocenters. The second kappa shape index (κ2) is 8.36. The molecular formula is C18H25ClN4O2. The van der Waals surface area contributed by atoms with Crippen LogP contribution in [0.1, 0.15) is 54.1 Å². The van der Waals surface area contributed by atoms with Crippen molar-refractivity contribution in [2.24, 2.45) is 0 Å². The number of hydrogen-bond donors (Lipinski definition) is 3. The molecule has 2 aromatic rings. The molecule has 0 spiro atoms. The highest BCUT2D eigenvalue weighted by Gasteiger charge is 2.22. The van der Waals surface area contributed by atoms with Crippen LogP contribution in [0.3, 0.4) is 0 Å². The second-order valence-corrected chi connectivity index (χ2v) is 6.39. The number of nitrogens with one attached hydrogen (secondary N) is 3. The Balaban J connectivity index is 0.00000225. The van der Waals surface area contributed by atoms with E-state index in [1.807, 2.05) is 45.0 Å². The van der Waals surface area contributed by atoms with Crippen LogP contribution in [0.5, 0.6) is 5.75 Å². The van der Waals surface area contributed by atoms with Crippen molar-refractivity contribution in [2.45, 2.75) is 45.9 Å². The first-order valence-electron chi connectivity index (χ1n) is 8.39. The summed E-state index contributed by atoms with van der Waals surface area (Å²) >= 11 is 0. The molecule has 0 radical (unpaired) electrons. The predicted molar refractivity (Wildman–Crippen MR) is 99.3 cm³/mol. The number of carbonyl (C=O) groups excluding carboxylic acids is 1. The van der Waals surface area contributed by atoms with Crippen molar-refractivity contribution in [3.8, 4) is 5.75 Å². The summed E-state index contributed by atoms with van der Waals surface area (Å²) in [6.07, 6.45) is 1.02. The molecule has 1 aromatic heterocycles. The van der Waals surface area contributed by atoms with Crippen molar-refractivity contribution >= 4 is 18.3 Å². The maximum Gasteiger partial charge on any atom is 0.272 e. The number of carbonyl (C=O) groups is 1. The SMILES string of the molecule is CC(C)Oc1ccc(C(C)NC(=O)c2n[nH]c3c2CNCC3)cc1.Cl. The normalized spacial score (nSPS) is 14.4. The van der Waals surface area contributed by atoms with Crippen LogP contribution in [0.4, 0.5) is 0 Å². The average molecular weight is 365 g/mol. The van der Waals surface area contributed by atoms with E-state index < -0.39 is 0 Å². The molecule has 1 aliphatic rings. The molecule has 7 heteroatoms. The lowest BCUT2D eigenvalue weighted by molar-refractivity contribution is 0.0933. The smallest absolute Gasteiger partial charge is 0.272 e. The summed E-state index contributed by atoms with van der Waals surface area (Å²) in [5.74, 6) is 0.686. The van der Waals surface area contributed by atoms with Gasteiger partial charge in [-0.05, 0) is 38.5 Å². The number of fused-ring (bicyclic) bond motifs is 1. The van der Waals surface area contributed by atoms with Gasteiger partial charge < -0.3 is 15.4 Å². The number of amides is 1. The van der Waals surface area contributed by atoms with E-state index in [2.05, 4.69) is 20.8 Å². The molecule has 136 valence electrons. The van der Waals surface area contributed by atoms with E-state index in [0.717, 1.165) is 35.5 Å². The zero-order valence-corrected chi connectivity index (χ0v) is 15.6. The molecule has 3 rings (SSSR count). The van der Waals surface area contributed by atoms with E-state index >= 15 is 0 Å². The number of halogens is 1. The van der Waals surface area contributed by atoms with Crippen molar-refractivity contribution in [2.75, 3.05) is 6.54 Å². The van der Waals surface area contributed by atoms with Gasteiger partial charge in [-0.3, -0.25) is 9.89 Å². The molecule has 0 bridgehead atoms. The Hall–Kier alpha value is -2.05. The lowest BCUT2D eigenvalue weighted by Gasteiger charge is -2.16. The van der Waals surface area contributed by atoms with Crippen LogP contribution in [0.2, 0.25) is 0 Å². The summed E-state index contributed by atoms with van der Waals surface area (Å²) in [6, 6.07) is 7.71. The monoisotopic (exact) mass is 364 g/mol. The van der Waals surface area contributed by atoms with Gasteiger partial charge in [-0.15, -0.1) is 12.4 Å². The van der Waals surface area contributed by atoms with Gasteiger partial charge in [0.25, 0.3) is 5.91 Å². The Bertz CT molecular complexity index is 712. The van der Waals surface area contributed by atoms with Gasteiger partial charge in [0, 0.05) is 30.8 Å². The summed E-state index contributed by atoms with van der Waals surface area (Å²) in [7, 11) is 0. The number of H-pyrrole nitrogens is 1. The number of hydrogen-bond acceptors (Lipinski definition) is 4. The quantitative estimate of drug-likeness (QED) is 0.762. The Kier molecular flexibility index (Phi) is 6.45. The third kappa shape index (κ3) is 4.52. The first kappa shape index (κ1) is 19.3. The van der Waals surface area contributed by atoms with Gasteiger partial charge in [0.15, 0.2) is 5.69 Å². The van der Waals surface area contributed by atoms with Crippen LogP contribution in [0, 0.1) is 0 Å². The molecule has 6 nitrogen and oxygen atoms in total. The number of aromatic amines is 1. The van der Waals surface area contributed by atoms with Crippen molar-refractivity contribution in [1.29, 1.82) is 0 Å². The fourth-order valence-electron chi connectivity index (χ4n) is 2.87. The van der Waals surface area contributed by atoms with Crippen LogP contribution in [-0.4, -0.2) is 28.8 Å². The van der Waals surface area contributed by atoms with Crippen LogP contribution in [-0.2, 0) is 13.0 Å². The number of ether oxygens (including phenoxy) is 1. The molecule has 0 aliphatic carbocycles. The molecule has 3 N–H and O–H groups in total. The summed E-state index contributed by atoms with van der Waals surface area (Å²) in [5.41, 5.74) is 3.55. The van der Waals surface area contributed by atoms with E-state index in [1.165, 1.54) is 0 Å². The molecule has 1 amide bonds. The van der Waals surface area contributed by atoms with Gasteiger partial charge in [0.2, 0.25) is 0 Å². The van der Waals surface area contributed by atoms with E-state index in [4.69, 9.17) is 4.74 Å². The fourth-order valence-corrected chi connectivity index (χ4v) is 2.87.